The molecule has 13 heavy (non-hydrogen) atoms. The van der Waals surface area contributed by atoms with E-state index in [0.29, 0.717) is 13.2 Å². The average molecular weight is 253 g/mol. The second kappa shape index (κ2) is 6.78. The van der Waals surface area contributed by atoms with Crippen molar-refractivity contribution in [3.8, 4) is 0 Å². The van der Waals surface area contributed by atoms with E-state index in [1.54, 1.807) is 0 Å². The fourth-order valence-electron chi connectivity index (χ4n) is 1.09. The van der Waals surface area contributed by atoms with E-state index in [0.717, 1.165) is 5.56 Å². The van der Waals surface area contributed by atoms with Gasteiger partial charge in [-0.3, -0.25) is 0 Å². The summed E-state index contributed by atoms with van der Waals surface area (Å²) in [4.78, 5) is 0. The Morgan fingerprint density at radius 2 is 1.92 bits per heavy atom. The molecule has 0 bridgehead atoms. The zero-order valence-electron chi connectivity index (χ0n) is 7.20. The molecule has 0 radical (unpaired) electrons. The first kappa shape index (κ1) is 13.4. The topological polar surface area (TPSA) is 18.5 Å². The van der Waals surface area contributed by atoms with Gasteiger partial charge in [-0.1, -0.05) is 0 Å². The van der Waals surface area contributed by atoms with Crippen LogP contribution >= 0.6 is 0 Å². The van der Waals surface area contributed by atoms with Gasteiger partial charge in [0.2, 0.25) is 0 Å². The minimum atomic E-state index is -0.184. The molecule has 66 valence electrons. The van der Waals surface area contributed by atoms with Crippen molar-refractivity contribution in [1.29, 1.82) is 0 Å². The molecule has 0 aromatic heterocycles. The van der Waals surface area contributed by atoms with Crippen molar-refractivity contribution in [2.24, 2.45) is 0 Å². The van der Waals surface area contributed by atoms with Crippen LogP contribution in [0, 0.1) is 6.07 Å². The number of hydrogen-bond acceptors (Lipinski definition) is 2. The molecule has 1 aliphatic heterocycles. The predicted octanol–water partition coefficient (Wildman–Crippen LogP) is -1.84. The third kappa shape index (κ3) is 3.56. The Balaban J connectivity index is 0.000000720. The Morgan fingerprint density at radius 3 is 2.46 bits per heavy atom. The van der Waals surface area contributed by atoms with Crippen molar-refractivity contribution in [2.75, 3.05) is 13.2 Å². The molecule has 2 rings (SSSR count). The third-order valence-corrected chi connectivity index (χ3v) is 1.61. The zero-order chi connectivity index (χ0) is 7.52. The van der Waals surface area contributed by atoms with Crippen LogP contribution in [0.1, 0.15) is 11.9 Å². The molecule has 0 aliphatic carbocycles. The van der Waals surface area contributed by atoms with Gasteiger partial charge < -0.3 is 26.5 Å². The normalized spacial score (nSPS) is 16.0. The molecule has 1 aliphatic rings. The quantitative estimate of drug-likeness (QED) is 0.432. The van der Waals surface area contributed by atoms with Crippen molar-refractivity contribution in [1.82, 2.24) is 0 Å². The van der Waals surface area contributed by atoms with Gasteiger partial charge in [0.15, 0.2) is 6.29 Å². The van der Waals surface area contributed by atoms with E-state index >= 15 is 0 Å². The second-order valence-corrected chi connectivity index (χ2v) is 2.39. The minimum Gasteiger partial charge on any atom is -1.00 e. The average Bonchev–Trinajstić information content (AvgIpc) is 2.58. The molecule has 1 fully saturated rings. The van der Waals surface area contributed by atoms with Gasteiger partial charge >= 0.3 is 23.1 Å². The van der Waals surface area contributed by atoms with Crippen LogP contribution in [0.3, 0.4) is 0 Å². The largest absolute Gasteiger partial charge is 2.00 e. The van der Waals surface area contributed by atoms with E-state index < -0.39 is 0 Å². The number of hydrogen-bond donors (Lipinski definition) is 0. The number of benzene rings is 1. The molecular weight excluding hydrogens is 244 g/mol. The van der Waals surface area contributed by atoms with Crippen LogP contribution in [-0.2, 0) is 9.47 Å². The smallest absolute Gasteiger partial charge is 1.00 e. The van der Waals surface area contributed by atoms with E-state index in [-0.39, 0.29) is 46.3 Å². The minimum absolute atomic E-state index is 0. The molecule has 1 aromatic carbocycles. The first-order chi connectivity index (χ1) is 5.47. The van der Waals surface area contributed by atoms with E-state index in [1.807, 2.05) is 24.3 Å². The van der Waals surface area contributed by atoms with Crippen molar-refractivity contribution in [2.45, 2.75) is 6.29 Å². The second-order valence-electron chi connectivity index (χ2n) is 2.39. The van der Waals surface area contributed by atoms with Gasteiger partial charge in [-0.15, -0.1) is 5.56 Å². The molecule has 4 heteroatoms. The van der Waals surface area contributed by atoms with Crippen LogP contribution in [0.15, 0.2) is 24.3 Å². The maximum Gasteiger partial charge on any atom is 2.00 e. The van der Waals surface area contributed by atoms with E-state index in [1.165, 1.54) is 0 Å². The molecule has 0 atom stereocenters. The molecule has 1 heterocycles. The maximum absolute atomic E-state index is 5.29. The molecule has 0 saturated carbocycles. The van der Waals surface area contributed by atoms with Gasteiger partial charge in [0.05, 0.1) is 13.2 Å². The zero-order valence-corrected chi connectivity index (χ0v) is 10.2. The van der Waals surface area contributed by atoms with Crippen molar-refractivity contribution >= 4 is 23.1 Å². The van der Waals surface area contributed by atoms with Gasteiger partial charge in [0, 0.05) is 0 Å². The van der Waals surface area contributed by atoms with Crippen LogP contribution in [0.4, 0.5) is 0 Å². The van der Waals surface area contributed by atoms with E-state index in [4.69, 9.17) is 9.47 Å². The van der Waals surface area contributed by atoms with Gasteiger partial charge in [-0.25, -0.2) is 0 Å². The maximum atomic E-state index is 5.29. The summed E-state index contributed by atoms with van der Waals surface area (Å²) in [5, 5.41) is 0. The van der Waals surface area contributed by atoms with Crippen LogP contribution in [0.25, 0.3) is 0 Å². The van der Waals surface area contributed by atoms with Gasteiger partial charge in [0.25, 0.3) is 0 Å². The molecule has 0 unspecified atom stereocenters. The number of ether oxygens (including phenoxy) is 2. The Bertz CT molecular complexity index is 224. The summed E-state index contributed by atoms with van der Waals surface area (Å²) >= 11 is 0. The Morgan fingerprint density at radius 1 is 1.23 bits per heavy atom. The summed E-state index contributed by atoms with van der Waals surface area (Å²) in [5.74, 6) is 0. The summed E-state index contributed by atoms with van der Waals surface area (Å²) in [7, 11) is 0. The van der Waals surface area contributed by atoms with Gasteiger partial charge in [0.1, 0.15) is 0 Å². The SMILES string of the molecule is [Br-].[Mg+2].[c-]1ccccc1C1OCCO1. The molecule has 0 N–H and O–H groups in total. The van der Waals surface area contributed by atoms with Crippen LogP contribution in [-0.4, -0.2) is 36.3 Å². The molecule has 0 amide bonds. The Hall–Kier alpha value is 0.386. The summed E-state index contributed by atoms with van der Waals surface area (Å²) in [5.41, 5.74) is 0.977. The fourth-order valence-corrected chi connectivity index (χ4v) is 1.09. The predicted molar refractivity (Wildman–Crippen MR) is 45.7 cm³/mol. The summed E-state index contributed by atoms with van der Waals surface area (Å²) in [6.07, 6.45) is -0.184. The van der Waals surface area contributed by atoms with Crippen molar-refractivity contribution in [3.05, 3.63) is 35.9 Å². The van der Waals surface area contributed by atoms with Gasteiger partial charge in [-0.05, 0) is 0 Å². The Kier molecular flexibility index (Phi) is 6.98. The van der Waals surface area contributed by atoms with Crippen LogP contribution in [0.5, 0.6) is 0 Å². The van der Waals surface area contributed by atoms with Crippen LogP contribution in [0.2, 0.25) is 0 Å². The van der Waals surface area contributed by atoms with Crippen LogP contribution < -0.4 is 17.0 Å². The monoisotopic (exact) mass is 252 g/mol. The standard InChI is InChI=1S/C9H9O2.BrH.Mg/c1-2-4-8(5-3-1)9-10-6-7-11-9;;/h1-4,9H,6-7H2;1H;/q-1;;+2/p-1. The molecule has 2 nitrogen and oxygen atoms in total. The summed E-state index contributed by atoms with van der Waals surface area (Å²) in [6, 6.07) is 10.8. The van der Waals surface area contributed by atoms with E-state index in [9.17, 15) is 0 Å². The van der Waals surface area contributed by atoms with E-state index in [2.05, 4.69) is 6.07 Å². The number of rotatable bonds is 1. The molecule has 1 saturated heterocycles. The molecule has 1 aromatic rings. The summed E-state index contributed by atoms with van der Waals surface area (Å²) in [6.45, 7) is 1.38. The fraction of sp³-hybridized carbons (Fsp3) is 0.333. The first-order valence-electron chi connectivity index (χ1n) is 3.66. The molecule has 0 spiro atoms. The van der Waals surface area contributed by atoms with Crippen molar-refractivity contribution in [3.63, 3.8) is 0 Å². The third-order valence-electron chi connectivity index (χ3n) is 1.61. The summed E-state index contributed by atoms with van der Waals surface area (Å²) < 4.78 is 10.6. The van der Waals surface area contributed by atoms with Crippen molar-refractivity contribution < 1.29 is 26.5 Å². The molecular formula is C9H9BrMgO2. The first-order valence-corrected chi connectivity index (χ1v) is 3.66. The van der Waals surface area contributed by atoms with Gasteiger partial charge in [-0.2, -0.15) is 30.3 Å². The number of halogens is 1. The Labute approximate surface area is 105 Å².